The first-order valence-corrected chi connectivity index (χ1v) is 7.73. The first-order chi connectivity index (χ1) is 11.1. The largest absolute Gasteiger partial charge is 0.459 e. The molecule has 0 saturated carbocycles. The van der Waals surface area contributed by atoms with E-state index in [2.05, 4.69) is 29.2 Å². The van der Waals surface area contributed by atoms with E-state index >= 15 is 0 Å². The molecule has 0 N–H and O–H groups in total. The lowest BCUT2D eigenvalue weighted by atomic mass is 9.99. The molecule has 0 spiro atoms. The molecule has 0 radical (unpaired) electrons. The number of carbonyl (C=O) groups excluding carboxylic acids is 1. The van der Waals surface area contributed by atoms with Crippen molar-refractivity contribution in [3.63, 3.8) is 0 Å². The minimum atomic E-state index is -0.270. The maximum absolute atomic E-state index is 11.3. The van der Waals surface area contributed by atoms with Crippen LogP contribution in [-0.2, 0) is 9.53 Å². The summed E-state index contributed by atoms with van der Waals surface area (Å²) in [6, 6.07) is 18.3. The fourth-order valence-electron chi connectivity index (χ4n) is 2.90. The summed E-state index contributed by atoms with van der Waals surface area (Å²) in [6.07, 6.45) is -0.246. The molecule has 2 aromatic rings. The van der Waals surface area contributed by atoms with Gasteiger partial charge in [0.1, 0.15) is 6.10 Å². The van der Waals surface area contributed by atoms with E-state index < -0.39 is 0 Å². The molecule has 23 heavy (non-hydrogen) atoms. The second kappa shape index (κ2) is 6.65. The molecule has 0 aromatic heterocycles. The van der Waals surface area contributed by atoms with E-state index in [1.807, 2.05) is 37.4 Å². The van der Waals surface area contributed by atoms with Crippen molar-refractivity contribution >= 4 is 17.4 Å². The summed E-state index contributed by atoms with van der Waals surface area (Å²) in [4.78, 5) is 18.2. The molecule has 0 bridgehead atoms. The van der Waals surface area contributed by atoms with Gasteiger partial charge in [-0.3, -0.25) is 9.79 Å². The minimum Gasteiger partial charge on any atom is -0.459 e. The van der Waals surface area contributed by atoms with Gasteiger partial charge in [0.2, 0.25) is 0 Å². The van der Waals surface area contributed by atoms with Crippen molar-refractivity contribution in [2.24, 2.45) is 4.99 Å². The molecular weight excluding hydrogens is 288 g/mol. The fourth-order valence-corrected chi connectivity index (χ4v) is 2.90. The number of rotatable bonds is 2. The van der Waals surface area contributed by atoms with Crippen molar-refractivity contribution in [1.29, 1.82) is 0 Å². The Kier molecular flexibility index (Phi) is 4.42. The van der Waals surface area contributed by atoms with E-state index in [9.17, 15) is 4.79 Å². The molecule has 4 nitrogen and oxygen atoms in total. The number of likely N-dealkylation sites (N-methyl/N-ethyl adjacent to an activating group) is 1. The van der Waals surface area contributed by atoms with E-state index in [0.29, 0.717) is 13.1 Å². The zero-order chi connectivity index (χ0) is 16.2. The smallest absolute Gasteiger partial charge is 0.303 e. The van der Waals surface area contributed by atoms with Crippen LogP contribution < -0.4 is 4.90 Å². The van der Waals surface area contributed by atoms with Gasteiger partial charge < -0.3 is 9.64 Å². The van der Waals surface area contributed by atoms with Crippen LogP contribution in [-0.4, -0.2) is 37.9 Å². The van der Waals surface area contributed by atoms with Crippen molar-refractivity contribution < 1.29 is 9.53 Å². The molecule has 1 aliphatic heterocycles. The topological polar surface area (TPSA) is 41.9 Å². The van der Waals surface area contributed by atoms with Crippen LogP contribution in [0.5, 0.6) is 0 Å². The van der Waals surface area contributed by atoms with Gasteiger partial charge in [0, 0.05) is 30.8 Å². The number of para-hydroxylation sites is 1. The summed E-state index contributed by atoms with van der Waals surface area (Å²) < 4.78 is 5.41. The molecule has 0 fully saturated rings. The summed E-state index contributed by atoms with van der Waals surface area (Å²) >= 11 is 0. The number of esters is 1. The molecule has 1 heterocycles. The summed E-state index contributed by atoms with van der Waals surface area (Å²) in [5.41, 5.74) is 4.19. The van der Waals surface area contributed by atoms with Crippen molar-refractivity contribution in [3.8, 4) is 0 Å². The van der Waals surface area contributed by atoms with E-state index in [1.54, 1.807) is 0 Å². The number of ether oxygens (including phenoxy) is 1. The highest BCUT2D eigenvalue weighted by atomic mass is 16.5. The van der Waals surface area contributed by atoms with Crippen molar-refractivity contribution in [1.82, 2.24) is 0 Å². The van der Waals surface area contributed by atoms with Crippen LogP contribution in [0.15, 0.2) is 59.6 Å². The highest BCUT2D eigenvalue weighted by Crippen LogP contribution is 2.25. The van der Waals surface area contributed by atoms with Gasteiger partial charge in [-0.15, -0.1) is 0 Å². The first kappa shape index (κ1) is 15.3. The number of fused-ring (bicyclic) bond motifs is 1. The Bertz CT molecular complexity index is 725. The predicted molar refractivity (Wildman–Crippen MR) is 92.2 cm³/mol. The number of carbonyl (C=O) groups is 1. The molecule has 4 heteroatoms. The van der Waals surface area contributed by atoms with Crippen molar-refractivity contribution in [2.45, 2.75) is 13.0 Å². The number of benzene rings is 2. The van der Waals surface area contributed by atoms with Crippen LogP contribution in [0.4, 0.5) is 5.69 Å². The number of anilines is 1. The summed E-state index contributed by atoms with van der Waals surface area (Å²) in [6.45, 7) is 2.53. The van der Waals surface area contributed by atoms with Gasteiger partial charge in [-0.25, -0.2) is 0 Å². The van der Waals surface area contributed by atoms with Crippen molar-refractivity contribution in [3.05, 3.63) is 65.7 Å². The summed E-state index contributed by atoms with van der Waals surface area (Å²) in [5.74, 6) is -0.270. The van der Waals surface area contributed by atoms with Crippen LogP contribution in [0.1, 0.15) is 18.1 Å². The second-order valence-corrected chi connectivity index (χ2v) is 5.68. The third-order valence-electron chi connectivity index (χ3n) is 3.88. The fraction of sp³-hybridized carbons (Fsp3) is 0.263. The predicted octanol–water partition coefficient (Wildman–Crippen LogP) is 2.91. The third-order valence-corrected chi connectivity index (χ3v) is 3.88. The van der Waals surface area contributed by atoms with Crippen LogP contribution in [0.25, 0.3) is 0 Å². The van der Waals surface area contributed by atoms with Gasteiger partial charge in [-0.2, -0.15) is 0 Å². The summed E-state index contributed by atoms with van der Waals surface area (Å²) in [5, 5.41) is 0. The Balaban J connectivity index is 2.07. The maximum Gasteiger partial charge on any atom is 0.303 e. The van der Waals surface area contributed by atoms with Gasteiger partial charge in [0.05, 0.1) is 18.8 Å². The van der Waals surface area contributed by atoms with Crippen LogP contribution in [0, 0.1) is 0 Å². The molecule has 1 unspecified atom stereocenters. The SMILES string of the molecule is CC(=O)OC1C/N=C(/c2ccccc2)c2ccccc2N(C)C1. The highest BCUT2D eigenvalue weighted by Gasteiger charge is 2.22. The molecule has 1 atom stereocenters. The number of nitrogens with zero attached hydrogens (tertiary/aromatic N) is 2. The molecule has 118 valence electrons. The molecule has 0 saturated heterocycles. The highest BCUT2D eigenvalue weighted by molar-refractivity contribution is 6.16. The second-order valence-electron chi connectivity index (χ2n) is 5.68. The van der Waals surface area contributed by atoms with Gasteiger partial charge in [0.25, 0.3) is 0 Å². The molecule has 0 amide bonds. The molecule has 2 aromatic carbocycles. The van der Waals surface area contributed by atoms with Crippen LogP contribution in [0.3, 0.4) is 0 Å². The Morgan fingerprint density at radius 2 is 1.83 bits per heavy atom. The van der Waals surface area contributed by atoms with Gasteiger partial charge in [-0.05, 0) is 6.07 Å². The zero-order valence-corrected chi connectivity index (χ0v) is 13.4. The summed E-state index contributed by atoms with van der Waals surface area (Å²) in [7, 11) is 2.02. The number of hydrogen-bond acceptors (Lipinski definition) is 4. The van der Waals surface area contributed by atoms with Gasteiger partial charge >= 0.3 is 5.97 Å². The normalized spacial score (nSPS) is 19.8. The van der Waals surface area contributed by atoms with Crippen LogP contribution in [0.2, 0.25) is 0 Å². The first-order valence-electron chi connectivity index (χ1n) is 7.73. The lowest BCUT2D eigenvalue weighted by Gasteiger charge is -2.29. The average molecular weight is 308 g/mol. The minimum absolute atomic E-state index is 0.246. The maximum atomic E-state index is 11.3. The van der Waals surface area contributed by atoms with Gasteiger partial charge in [0.15, 0.2) is 0 Å². The Hall–Kier alpha value is -2.62. The van der Waals surface area contributed by atoms with E-state index in [0.717, 1.165) is 22.5 Å². The zero-order valence-electron chi connectivity index (χ0n) is 13.4. The van der Waals surface area contributed by atoms with Crippen LogP contribution >= 0.6 is 0 Å². The molecule has 0 aliphatic carbocycles. The Morgan fingerprint density at radius 3 is 2.57 bits per heavy atom. The Labute approximate surface area is 136 Å². The number of hydrogen-bond donors (Lipinski definition) is 0. The van der Waals surface area contributed by atoms with E-state index in [4.69, 9.17) is 9.73 Å². The lowest BCUT2D eigenvalue weighted by Crippen LogP contribution is -2.36. The Morgan fingerprint density at radius 1 is 1.13 bits per heavy atom. The van der Waals surface area contributed by atoms with Crippen molar-refractivity contribution in [2.75, 3.05) is 25.0 Å². The number of aliphatic imine (C=N–C) groups is 1. The third kappa shape index (κ3) is 3.42. The molecular formula is C19H20N2O2. The molecule has 3 rings (SSSR count). The monoisotopic (exact) mass is 308 g/mol. The van der Waals surface area contributed by atoms with E-state index in [1.165, 1.54) is 6.92 Å². The van der Waals surface area contributed by atoms with Gasteiger partial charge in [-0.1, -0.05) is 48.5 Å². The quantitative estimate of drug-likeness (QED) is 0.801. The average Bonchev–Trinajstić information content (AvgIpc) is 2.54. The standard InChI is InChI=1S/C19H20N2O2/c1-14(22)23-16-12-20-19(15-8-4-3-5-9-15)17-10-6-7-11-18(17)21(2)13-16/h3-11,16H,12-13H2,1-2H3/b20-19-. The molecule has 1 aliphatic rings. The van der Waals surface area contributed by atoms with E-state index in [-0.39, 0.29) is 12.1 Å². The lowest BCUT2D eigenvalue weighted by molar-refractivity contribution is -0.145.